The maximum atomic E-state index is 5.80. The molecule has 0 aliphatic heterocycles. The molecule has 0 unspecified atom stereocenters. The quantitative estimate of drug-likeness (QED) is 0.885. The molecule has 0 saturated carbocycles. The van der Waals surface area contributed by atoms with E-state index in [1.54, 1.807) is 12.1 Å². The molecule has 0 fully saturated rings. The van der Waals surface area contributed by atoms with Crippen molar-refractivity contribution in [2.75, 3.05) is 13.6 Å². The van der Waals surface area contributed by atoms with Crippen molar-refractivity contribution < 1.29 is 4.52 Å². The number of nitrogens with one attached hydrogen (secondary N) is 1. The van der Waals surface area contributed by atoms with Crippen LogP contribution in [0.15, 0.2) is 28.8 Å². The normalized spacial score (nSPS) is 10.6. The Morgan fingerprint density at radius 3 is 2.75 bits per heavy atom. The SMILES string of the molecule is CNCCc1noc(-c2ccc(Cl)cc2)n1. The van der Waals surface area contributed by atoms with Gasteiger partial charge in [0, 0.05) is 23.6 Å². The van der Waals surface area contributed by atoms with Gasteiger partial charge in [-0.05, 0) is 31.3 Å². The lowest BCUT2D eigenvalue weighted by Crippen LogP contribution is -2.10. The lowest BCUT2D eigenvalue weighted by atomic mass is 10.2. The molecule has 0 bridgehead atoms. The molecule has 0 aliphatic carbocycles. The Morgan fingerprint density at radius 2 is 2.06 bits per heavy atom. The number of aromatic nitrogens is 2. The zero-order valence-corrected chi connectivity index (χ0v) is 9.66. The van der Waals surface area contributed by atoms with Crippen molar-refractivity contribution in [3.8, 4) is 11.5 Å². The Kier molecular flexibility index (Phi) is 3.54. The molecule has 1 aromatic carbocycles. The van der Waals surface area contributed by atoms with E-state index in [0.717, 1.165) is 18.5 Å². The fourth-order valence-electron chi connectivity index (χ4n) is 1.30. The lowest BCUT2D eigenvalue weighted by molar-refractivity contribution is 0.422. The number of nitrogens with zero attached hydrogens (tertiary/aromatic N) is 2. The van der Waals surface area contributed by atoms with Gasteiger partial charge in [-0.15, -0.1) is 0 Å². The second-order valence-corrected chi connectivity index (χ2v) is 3.81. The molecule has 16 heavy (non-hydrogen) atoms. The molecule has 1 N–H and O–H groups in total. The van der Waals surface area contributed by atoms with Crippen molar-refractivity contribution in [1.82, 2.24) is 15.5 Å². The number of halogens is 1. The Bertz CT molecular complexity index is 453. The van der Waals surface area contributed by atoms with Crippen molar-refractivity contribution in [3.63, 3.8) is 0 Å². The van der Waals surface area contributed by atoms with Crippen LogP contribution in [0.2, 0.25) is 5.02 Å². The number of hydrogen-bond donors (Lipinski definition) is 1. The van der Waals surface area contributed by atoms with Crippen LogP contribution in [0.1, 0.15) is 5.82 Å². The molecule has 1 heterocycles. The first-order chi connectivity index (χ1) is 7.79. The van der Waals surface area contributed by atoms with Gasteiger partial charge in [-0.1, -0.05) is 16.8 Å². The summed E-state index contributed by atoms with van der Waals surface area (Å²) in [5, 5.41) is 7.62. The van der Waals surface area contributed by atoms with Crippen LogP contribution in [0.3, 0.4) is 0 Å². The molecule has 2 aromatic rings. The van der Waals surface area contributed by atoms with Crippen molar-refractivity contribution >= 4 is 11.6 Å². The van der Waals surface area contributed by atoms with Gasteiger partial charge in [0.1, 0.15) is 0 Å². The predicted molar refractivity (Wildman–Crippen MR) is 62.4 cm³/mol. The van der Waals surface area contributed by atoms with Gasteiger partial charge in [0.05, 0.1) is 0 Å². The highest BCUT2D eigenvalue weighted by Gasteiger charge is 2.07. The van der Waals surface area contributed by atoms with E-state index in [-0.39, 0.29) is 0 Å². The summed E-state index contributed by atoms with van der Waals surface area (Å²) in [6.07, 6.45) is 0.758. The lowest BCUT2D eigenvalue weighted by Gasteiger charge is -1.93. The standard InChI is InChI=1S/C11H12ClN3O/c1-13-7-6-10-14-11(16-15-10)8-2-4-9(12)5-3-8/h2-5,13H,6-7H2,1H3. The van der Waals surface area contributed by atoms with Crippen molar-refractivity contribution in [3.05, 3.63) is 35.1 Å². The minimum Gasteiger partial charge on any atom is -0.334 e. The van der Waals surface area contributed by atoms with Gasteiger partial charge in [0.2, 0.25) is 0 Å². The minimum absolute atomic E-state index is 0.530. The highest BCUT2D eigenvalue weighted by molar-refractivity contribution is 6.30. The van der Waals surface area contributed by atoms with Crippen LogP contribution in [0.5, 0.6) is 0 Å². The van der Waals surface area contributed by atoms with E-state index in [4.69, 9.17) is 16.1 Å². The van der Waals surface area contributed by atoms with Crippen molar-refractivity contribution in [2.24, 2.45) is 0 Å². The molecule has 0 aliphatic rings. The highest BCUT2D eigenvalue weighted by atomic mass is 35.5. The monoisotopic (exact) mass is 237 g/mol. The van der Waals surface area contributed by atoms with E-state index in [0.29, 0.717) is 16.7 Å². The maximum absolute atomic E-state index is 5.80. The highest BCUT2D eigenvalue weighted by Crippen LogP contribution is 2.19. The summed E-state index contributed by atoms with van der Waals surface area (Å²) in [7, 11) is 1.89. The van der Waals surface area contributed by atoms with Gasteiger partial charge in [-0.25, -0.2) is 0 Å². The Balaban J connectivity index is 2.15. The summed E-state index contributed by atoms with van der Waals surface area (Å²) in [5.74, 6) is 1.24. The third-order valence-corrected chi connectivity index (χ3v) is 2.41. The number of rotatable bonds is 4. The Hall–Kier alpha value is -1.39. The van der Waals surface area contributed by atoms with Crippen LogP contribution in [-0.4, -0.2) is 23.7 Å². The molecule has 0 radical (unpaired) electrons. The average molecular weight is 238 g/mol. The van der Waals surface area contributed by atoms with E-state index in [9.17, 15) is 0 Å². The molecule has 0 atom stereocenters. The van der Waals surface area contributed by atoms with Crippen LogP contribution in [0.4, 0.5) is 0 Å². The van der Waals surface area contributed by atoms with Gasteiger partial charge < -0.3 is 9.84 Å². The second-order valence-electron chi connectivity index (χ2n) is 3.38. The van der Waals surface area contributed by atoms with Crippen LogP contribution in [0, 0.1) is 0 Å². The van der Waals surface area contributed by atoms with E-state index in [1.807, 2.05) is 19.2 Å². The largest absolute Gasteiger partial charge is 0.334 e. The summed E-state index contributed by atoms with van der Waals surface area (Å²) >= 11 is 5.80. The fourth-order valence-corrected chi connectivity index (χ4v) is 1.43. The van der Waals surface area contributed by atoms with E-state index >= 15 is 0 Å². The van der Waals surface area contributed by atoms with E-state index < -0.39 is 0 Å². The molecule has 4 nitrogen and oxygen atoms in total. The molecule has 0 saturated heterocycles. The summed E-state index contributed by atoms with van der Waals surface area (Å²) in [4.78, 5) is 4.29. The Labute approximate surface area is 98.6 Å². The maximum Gasteiger partial charge on any atom is 0.257 e. The molecule has 1 aromatic heterocycles. The van der Waals surface area contributed by atoms with Gasteiger partial charge in [-0.2, -0.15) is 4.98 Å². The molecule has 84 valence electrons. The van der Waals surface area contributed by atoms with Crippen LogP contribution in [0.25, 0.3) is 11.5 Å². The Morgan fingerprint density at radius 1 is 1.31 bits per heavy atom. The number of benzene rings is 1. The number of likely N-dealkylation sites (N-methyl/N-ethyl adjacent to an activating group) is 1. The van der Waals surface area contributed by atoms with Gasteiger partial charge >= 0.3 is 0 Å². The van der Waals surface area contributed by atoms with Crippen LogP contribution >= 0.6 is 11.6 Å². The molecular weight excluding hydrogens is 226 g/mol. The van der Waals surface area contributed by atoms with Gasteiger partial charge in [0.15, 0.2) is 5.82 Å². The first kappa shape index (κ1) is 11.1. The predicted octanol–water partition coefficient (Wildman–Crippen LogP) is 2.15. The van der Waals surface area contributed by atoms with Gasteiger partial charge in [0.25, 0.3) is 5.89 Å². The minimum atomic E-state index is 0.530. The van der Waals surface area contributed by atoms with Crippen molar-refractivity contribution in [1.29, 1.82) is 0 Å². The third kappa shape index (κ3) is 2.59. The van der Waals surface area contributed by atoms with E-state index in [1.165, 1.54) is 0 Å². The topological polar surface area (TPSA) is 51.0 Å². The summed E-state index contributed by atoms with van der Waals surface area (Å²) in [6, 6.07) is 7.32. The van der Waals surface area contributed by atoms with Crippen molar-refractivity contribution in [2.45, 2.75) is 6.42 Å². The first-order valence-electron chi connectivity index (χ1n) is 5.02. The summed E-state index contributed by atoms with van der Waals surface area (Å²) < 4.78 is 5.16. The molecular formula is C11H12ClN3O. The summed E-state index contributed by atoms with van der Waals surface area (Å²) in [6.45, 7) is 0.833. The molecule has 0 spiro atoms. The number of hydrogen-bond acceptors (Lipinski definition) is 4. The first-order valence-corrected chi connectivity index (χ1v) is 5.40. The van der Waals surface area contributed by atoms with Crippen LogP contribution < -0.4 is 5.32 Å². The smallest absolute Gasteiger partial charge is 0.257 e. The third-order valence-electron chi connectivity index (χ3n) is 2.16. The van der Waals surface area contributed by atoms with Gasteiger partial charge in [-0.3, -0.25) is 0 Å². The zero-order valence-electron chi connectivity index (χ0n) is 8.90. The summed E-state index contributed by atoms with van der Waals surface area (Å²) in [5.41, 5.74) is 0.882. The fraction of sp³-hybridized carbons (Fsp3) is 0.273. The molecule has 5 heteroatoms. The molecule has 2 rings (SSSR count). The molecule has 0 amide bonds. The zero-order chi connectivity index (χ0) is 11.4. The van der Waals surface area contributed by atoms with Crippen LogP contribution in [-0.2, 0) is 6.42 Å². The van der Waals surface area contributed by atoms with E-state index in [2.05, 4.69) is 15.5 Å². The second kappa shape index (κ2) is 5.09. The average Bonchev–Trinajstić information content (AvgIpc) is 2.76.